The number of amides is 1. The molecule has 3 rings (SSSR count). The van der Waals surface area contributed by atoms with Crippen molar-refractivity contribution in [2.45, 2.75) is 44.1 Å². The van der Waals surface area contributed by atoms with Crippen LogP contribution in [0.1, 0.15) is 38.2 Å². The molecule has 1 N–H and O–H groups in total. The summed E-state index contributed by atoms with van der Waals surface area (Å²) in [7, 11) is 0. The molecule has 1 aromatic carbocycles. The molecule has 108 valence electrons. The summed E-state index contributed by atoms with van der Waals surface area (Å²) in [6, 6.07) is 10.2. The second-order valence-electron chi connectivity index (χ2n) is 6.39. The number of carbonyl (C=O) groups excluding carboxylic acids is 1. The van der Waals surface area contributed by atoms with Gasteiger partial charge in [-0.25, -0.2) is 0 Å². The number of nitrogens with zero attached hydrogens (tertiary/aromatic N) is 1. The molecular formula is C17H23NO2. The molecule has 0 bridgehead atoms. The number of hydrogen-bond donors (Lipinski definition) is 1. The predicted octanol–water partition coefficient (Wildman–Crippen LogP) is 2.34. The molecule has 2 atom stereocenters. The first-order chi connectivity index (χ1) is 9.63. The van der Waals surface area contributed by atoms with Gasteiger partial charge in [-0.3, -0.25) is 4.79 Å². The van der Waals surface area contributed by atoms with Crippen LogP contribution in [0.25, 0.3) is 0 Å². The molecule has 2 unspecified atom stereocenters. The van der Waals surface area contributed by atoms with Gasteiger partial charge in [0.1, 0.15) is 0 Å². The van der Waals surface area contributed by atoms with Crippen LogP contribution in [-0.2, 0) is 10.2 Å². The highest BCUT2D eigenvalue weighted by Crippen LogP contribution is 2.45. The summed E-state index contributed by atoms with van der Waals surface area (Å²) in [5.74, 6) is 0.522. The third-order valence-electron chi connectivity index (χ3n) is 5.15. The lowest BCUT2D eigenvalue weighted by atomic mass is 9.63. The lowest BCUT2D eigenvalue weighted by Gasteiger charge is -2.46. The highest BCUT2D eigenvalue weighted by Gasteiger charge is 2.48. The maximum atomic E-state index is 13.0. The molecule has 1 aromatic rings. The molecule has 0 aromatic heterocycles. The van der Waals surface area contributed by atoms with Crippen LogP contribution in [0.2, 0.25) is 0 Å². The molecule has 1 heterocycles. The molecule has 3 heteroatoms. The van der Waals surface area contributed by atoms with Crippen molar-refractivity contribution in [3.8, 4) is 0 Å². The minimum Gasteiger partial charge on any atom is -0.391 e. The predicted molar refractivity (Wildman–Crippen MR) is 78.3 cm³/mol. The van der Waals surface area contributed by atoms with Crippen molar-refractivity contribution in [1.29, 1.82) is 0 Å². The molecule has 2 fully saturated rings. The van der Waals surface area contributed by atoms with E-state index >= 15 is 0 Å². The smallest absolute Gasteiger partial charge is 0.233 e. The Hall–Kier alpha value is -1.35. The van der Waals surface area contributed by atoms with Crippen LogP contribution in [0.5, 0.6) is 0 Å². The summed E-state index contributed by atoms with van der Waals surface area (Å²) in [6.45, 7) is 3.34. The number of aliphatic hydroxyl groups excluding tert-OH is 1. The Morgan fingerprint density at radius 2 is 2.00 bits per heavy atom. The van der Waals surface area contributed by atoms with Crippen molar-refractivity contribution in [2.24, 2.45) is 5.92 Å². The third-order valence-corrected chi connectivity index (χ3v) is 5.15. The maximum Gasteiger partial charge on any atom is 0.233 e. The van der Waals surface area contributed by atoms with Crippen LogP contribution >= 0.6 is 0 Å². The Kier molecular flexibility index (Phi) is 3.55. The minimum atomic E-state index is -0.374. The Bertz CT molecular complexity index is 481. The first kappa shape index (κ1) is 13.6. The van der Waals surface area contributed by atoms with E-state index in [9.17, 15) is 9.90 Å². The second-order valence-corrected chi connectivity index (χ2v) is 6.39. The SMILES string of the molecule is CC1CCN(C(=O)C2(c3ccccc3)CCC2)CC1O. The van der Waals surface area contributed by atoms with E-state index in [1.165, 1.54) is 0 Å². The van der Waals surface area contributed by atoms with E-state index in [1.807, 2.05) is 23.1 Å². The largest absolute Gasteiger partial charge is 0.391 e. The summed E-state index contributed by atoms with van der Waals surface area (Å²) < 4.78 is 0. The number of rotatable bonds is 2. The van der Waals surface area contributed by atoms with E-state index in [2.05, 4.69) is 19.1 Å². The quantitative estimate of drug-likeness (QED) is 0.898. The fourth-order valence-corrected chi connectivity index (χ4v) is 3.45. The fraction of sp³-hybridized carbons (Fsp3) is 0.588. The standard InChI is InChI=1S/C17H23NO2/c1-13-8-11-18(12-15(13)19)16(20)17(9-5-10-17)14-6-3-2-4-7-14/h2-4,6-7,13,15,19H,5,8-12H2,1H3. The van der Waals surface area contributed by atoms with E-state index in [4.69, 9.17) is 0 Å². The van der Waals surface area contributed by atoms with Crippen molar-refractivity contribution in [3.05, 3.63) is 35.9 Å². The van der Waals surface area contributed by atoms with Crippen molar-refractivity contribution >= 4 is 5.91 Å². The van der Waals surface area contributed by atoms with E-state index in [0.717, 1.165) is 37.8 Å². The number of aliphatic hydroxyl groups is 1. The van der Waals surface area contributed by atoms with Gasteiger partial charge in [0.25, 0.3) is 0 Å². The maximum absolute atomic E-state index is 13.0. The average Bonchev–Trinajstić information content (AvgIpc) is 2.42. The van der Waals surface area contributed by atoms with Gasteiger partial charge < -0.3 is 10.0 Å². The van der Waals surface area contributed by atoms with Crippen LogP contribution in [0, 0.1) is 5.92 Å². The summed E-state index contributed by atoms with van der Waals surface area (Å²) in [4.78, 5) is 14.9. The van der Waals surface area contributed by atoms with Crippen LogP contribution in [0.15, 0.2) is 30.3 Å². The lowest BCUT2D eigenvalue weighted by molar-refractivity contribution is -0.145. The van der Waals surface area contributed by atoms with Gasteiger partial charge in [-0.2, -0.15) is 0 Å². The van der Waals surface area contributed by atoms with Gasteiger partial charge in [-0.1, -0.05) is 43.7 Å². The normalized spacial score (nSPS) is 28.8. The van der Waals surface area contributed by atoms with Gasteiger partial charge in [-0.15, -0.1) is 0 Å². The molecule has 20 heavy (non-hydrogen) atoms. The second kappa shape index (κ2) is 5.21. The molecule has 1 aliphatic carbocycles. The molecule has 1 amide bonds. The van der Waals surface area contributed by atoms with Gasteiger partial charge >= 0.3 is 0 Å². The fourth-order valence-electron chi connectivity index (χ4n) is 3.45. The highest BCUT2D eigenvalue weighted by atomic mass is 16.3. The number of carbonyl (C=O) groups is 1. The summed E-state index contributed by atoms with van der Waals surface area (Å²) in [5.41, 5.74) is 0.825. The van der Waals surface area contributed by atoms with E-state index in [0.29, 0.717) is 12.5 Å². The Balaban J connectivity index is 1.82. The van der Waals surface area contributed by atoms with Crippen LogP contribution in [0.3, 0.4) is 0 Å². The van der Waals surface area contributed by atoms with Gasteiger partial charge in [0.05, 0.1) is 11.5 Å². The van der Waals surface area contributed by atoms with Crippen molar-refractivity contribution in [1.82, 2.24) is 4.90 Å². The highest BCUT2D eigenvalue weighted by molar-refractivity contribution is 5.89. The van der Waals surface area contributed by atoms with E-state index in [-0.39, 0.29) is 17.4 Å². The first-order valence-electron chi connectivity index (χ1n) is 7.66. The number of likely N-dealkylation sites (tertiary alicyclic amines) is 1. The molecule has 1 saturated carbocycles. The van der Waals surface area contributed by atoms with Gasteiger partial charge in [0.2, 0.25) is 5.91 Å². The van der Waals surface area contributed by atoms with Crippen LogP contribution in [-0.4, -0.2) is 35.1 Å². The summed E-state index contributed by atoms with van der Waals surface area (Å²) >= 11 is 0. The number of hydrogen-bond acceptors (Lipinski definition) is 2. The average molecular weight is 273 g/mol. The molecule has 3 nitrogen and oxygen atoms in total. The third kappa shape index (κ3) is 2.14. The molecule has 1 saturated heterocycles. The van der Waals surface area contributed by atoms with Crippen LogP contribution in [0.4, 0.5) is 0 Å². The topological polar surface area (TPSA) is 40.5 Å². The van der Waals surface area contributed by atoms with Crippen molar-refractivity contribution in [2.75, 3.05) is 13.1 Å². The van der Waals surface area contributed by atoms with Gasteiger partial charge in [0.15, 0.2) is 0 Å². The van der Waals surface area contributed by atoms with Crippen molar-refractivity contribution in [3.63, 3.8) is 0 Å². The number of β-amino-alcohol motifs (C(OH)–C–C–N with tert-alkyl or cyclic N) is 1. The number of benzene rings is 1. The van der Waals surface area contributed by atoms with Crippen molar-refractivity contribution < 1.29 is 9.90 Å². The number of piperidine rings is 1. The van der Waals surface area contributed by atoms with Crippen LogP contribution < -0.4 is 0 Å². The monoisotopic (exact) mass is 273 g/mol. The zero-order valence-corrected chi connectivity index (χ0v) is 12.1. The molecule has 2 aliphatic rings. The molecule has 1 aliphatic heterocycles. The van der Waals surface area contributed by atoms with E-state index < -0.39 is 0 Å². The Labute approximate surface area is 120 Å². The van der Waals surface area contributed by atoms with Gasteiger partial charge in [-0.05, 0) is 30.7 Å². The zero-order valence-electron chi connectivity index (χ0n) is 12.1. The molecular weight excluding hydrogens is 250 g/mol. The van der Waals surface area contributed by atoms with E-state index in [1.54, 1.807) is 0 Å². The Morgan fingerprint density at radius 3 is 2.55 bits per heavy atom. The Morgan fingerprint density at radius 1 is 1.30 bits per heavy atom. The lowest BCUT2D eigenvalue weighted by Crippen LogP contribution is -2.55. The summed E-state index contributed by atoms with van der Waals surface area (Å²) in [6.07, 6.45) is 3.53. The zero-order chi connectivity index (χ0) is 14.2. The minimum absolute atomic E-state index is 0.223. The first-order valence-corrected chi connectivity index (χ1v) is 7.66. The molecule has 0 spiro atoms. The summed E-state index contributed by atoms with van der Waals surface area (Å²) in [5, 5.41) is 10.0. The van der Waals surface area contributed by atoms with Gasteiger partial charge in [0, 0.05) is 13.1 Å². The molecule has 0 radical (unpaired) electrons.